The molecule has 0 aliphatic rings. The van der Waals surface area contributed by atoms with E-state index in [-0.39, 0.29) is 0 Å². The first-order valence-corrected chi connectivity index (χ1v) is 1.84. The van der Waals surface area contributed by atoms with Gasteiger partial charge in [-0.15, -0.1) is 0 Å². The molecule has 0 saturated heterocycles. The molecule has 0 rings (SSSR count). The lowest BCUT2D eigenvalue weighted by Crippen LogP contribution is -2.23. The van der Waals surface area contributed by atoms with Gasteiger partial charge in [-0.3, -0.25) is 0 Å². The molecule has 0 aliphatic carbocycles. The summed E-state index contributed by atoms with van der Waals surface area (Å²) in [6.45, 7) is 2.85. The molecule has 0 aliphatic heterocycles. The van der Waals surface area contributed by atoms with E-state index in [4.69, 9.17) is 5.11 Å². The highest BCUT2D eigenvalue weighted by molar-refractivity contribution is 6.30. The number of rotatable bonds is 1. The molecule has 0 amide bonds. The van der Waals surface area contributed by atoms with Crippen molar-refractivity contribution in [1.29, 1.82) is 0 Å². The van der Waals surface area contributed by atoms with Crippen molar-refractivity contribution in [3.05, 3.63) is 0 Å². The van der Waals surface area contributed by atoms with Crippen LogP contribution in [0.3, 0.4) is 0 Å². The van der Waals surface area contributed by atoms with Crippen LogP contribution in [0.4, 0.5) is 4.32 Å². The molecule has 1 nitrogen and oxygen atoms in total. The Bertz CT molecular complexity index is 40.5. The second-order valence-corrected chi connectivity index (χ2v) is 1.95. The van der Waals surface area contributed by atoms with Gasteiger partial charge < -0.3 is 9.42 Å². The molecule has 0 unspecified atom stereocenters. The second kappa shape index (κ2) is 1.60. The van der Waals surface area contributed by atoms with Crippen molar-refractivity contribution in [3.8, 4) is 0 Å². The number of hydrogen-bond donors (Lipinski definition) is 1. The van der Waals surface area contributed by atoms with Gasteiger partial charge >= 0.3 is 7.56 Å². The fourth-order valence-corrected chi connectivity index (χ4v) is 0. The van der Waals surface area contributed by atoms with Gasteiger partial charge in [0.1, 0.15) is 0 Å². The molecule has 0 spiro atoms. The zero-order valence-corrected chi connectivity index (χ0v) is 4.03. The quantitative estimate of drug-likeness (QED) is 0.450. The second-order valence-electron chi connectivity index (χ2n) is 1.95. The monoisotopic (exact) mass is 90.1 g/mol. The minimum Gasteiger partial charge on any atom is -0.396 e. The van der Waals surface area contributed by atoms with Crippen LogP contribution in [-0.2, 0) is 0 Å². The molecular weight excluding hydrogens is 81.8 g/mol. The zero-order valence-electron chi connectivity index (χ0n) is 4.03. The van der Waals surface area contributed by atoms with Gasteiger partial charge in [0.15, 0.2) is 0 Å². The van der Waals surface area contributed by atoms with E-state index in [1.807, 2.05) is 0 Å². The lowest BCUT2D eigenvalue weighted by atomic mass is 9.82. The highest BCUT2D eigenvalue weighted by Crippen LogP contribution is 1.95. The Balaban J connectivity index is 3.17. The maximum atomic E-state index is 11.2. The van der Waals surface area contributed by atoms with Crippen LogP contribution in [0.1, 0.15) is 13.8 Å². The summed E-state index contributed by atoms with van der Waals surface area (Å²) in [4.78, 5) is 0. The van der Waals surface area contributed by atoms with E-state index in [1.54, 1.807) is 0 Å². The largest absolute Gasteiger partial charge is 0.396 e. The van der Waals surface area contributed by atoms with E-state index in [0.717, 1.165) is 0 Å². The fourth-order valence-electron chi connectivity index (χ4n) is 0. The molecule has 0 fully saturated rings. The third kappa shape index (κ3) is 3.95. The van der Waals surface area contributed by atoms with E-state index in [0.29, 0.717) is 0 Å². The normalized spacial score (nSPS) is 11.3. The molecule has 6 heavy (non-hydrogen) atoms. The predicted molar refractivity (Wildman–Crippen MR) is 24.6 cm³/mol. The summed E-state index contributed by atoms with van der Waals surface area (Å²) in [5.74, 6) is 0. The molecule has 0 heterocycles. The van der Waals surface area contributed by atoms with Crippen LogP contribution in [0.2, 0.25) is 0 Å². The average Bonchev–Trinajstić information content (AvgIpc) is 1.35. The summed E-state index contributed by atoms with van der Waals surface area (Å²) in [6, 6.07) is 0. The van der Waals surface area contributed by atoms with Gasteiger partial charge in [0, 0.05) is 0 Å². The van der Waals surface area contributed by atoms with Gasteiger partial charge in [-0.25, -0.2) is 0 Å². The Hall–Kier alpha value is -0.0451. The van der Waals surface area contributed by atoms with Gasteiger partial charge in [-0.2, -0.15) is 0 Å². The third-order valence-corrected chi connectivity index (χ3v) is 0.327. The zero-order chi connectivity index (χ0) is 5.21. The molecule has 1 N–H and O–H groups in total. The van der Waals surface area contributed by atoms with Crippen molar-refractivity contribution in [2.45, 2.75) is 19.3 Å². The first-order chi connectivity index (χ1) is 2.56. The van der Waals surface area contributed by atoms with E-state index in [9.17, 15) is 4.32 Å². The van der Waals surface area contributed by atoms with Crippen LogP contribution in [-0.4, -0.2) is 18.2 Å². The summed E-state index contributed by atoms with van der Waals surface area (Å²) in [5, 5.41) is 8.45. The average molecular weight is 89.9 g/mol. The van der Waals surface area contributed by atoms with Gasteiger partial charge in [-0.05, 0) is 13.8 Å². The number of halogens is 1. The van der Waals surface area contributed by atoms with Crippen LogP contribution in [0.5, 0.6) is 0 Å². The summed E-state index contributed by atoms with van der Waals surface area (Å²) in [5.41, 5.74) is -1.12. The van der Waals surface area contributed by atoms with Crippen molar-refractivity contribution in [2.24, 2.45) is 0 Å². The Morgan fingerprint density at radius 1 is 1.67 bits per heavy atom. The lowest BCUT2D eigenvalue weighted by Gasteiger charge is -2.06. The lowest BCUT2D eigenvalue weighted by molar-refractivity contribution is 0.158. The van der Waals surface area contributed by atoms with E-state index < -0.39 is 13.1 Å². The topological polar surface area (TPSA) is 20.2 Å². The smallest absolute Gasteiger partial charge is 0.362 e. The van der Waals surface area contributed by atoms with Crippen LogP contribution in [0.15, 0.2) is 0 Å². The summed E-state index contributed by atoms with van der Waals surface area (Å²) in [7, 11) is -0.674. The summed E-state index contributed by atoms with van der Waals surface area (Å²) in [6.07, 6.45) is 0. The molecule has 0 saturated carbocycles. The minimum absolute atomic E-state index is 0.674. The van der Waals surface area contributed by atoms with Crippen molar-refractivity contribution in [1.82, 2.24) is 0 Å². The Labute approximate surface area is 37.5 Å². The van der Waals surface area contributed by atoms with Gasteiger partial charge in [0.2, 0.25) is 0 Å². The minimum atomic E-state index is -1.12. The molecule has 0 radical (unpaired) electrons. The van der Waals surface area contributed by atoms with Crippen LogP contribution >= 0.6 is 0 Å². The van der Waals surface area contributed by atoms with Gasteiger partial charge in [0.05, 0.1) is 5.50 Å². The first kappa shape index (κ1) is 5.95. The molecule has 0 bridgehead atoms. The SMILES string of the molecule is CC(C)(O)BF. The molecule has 0 aromatic carbocycles. The van der Waals surface area contributed by atoms with E-state index in [1.165, 1.54) is 13.8 Å². The highest BCUT2D eigenvalue weighted by atomic mass is 19.1. The molecule has 0 atom stereocenters. The Morgan fingerprint density at radius 2 is 1.83 bits per heavy atom. The number of hydrogen-bond acceptors (Lipinski definition) is 1. The van der Waals surface area contributed by atoms with Gasteiger partial charge in [-0.1, -0.05) is 0 Å². The standard InChI is InChI=1S/C3H8BFO/c1-3(2,6)4-5/h4,6H,1-2H3. The van der Waals surface area contributed by atoms with E-state index in [2.05, 4.69) is 0 Å². The molecule has 36 valence electrons. The van der Waals surface area contributed by atoms with Crippen molar-refractivity contribution >= 4 is 7.56 Å². The highest BCUT2D eigenvalue weighted by Gasteiger charge is 2.13. The van der Waals surface area contributed by atoms with Crippen molar-refractivity contribution < 1.29 is 9.42 Å². The molecular formula is C3H8BFO. The summed E-state index contributed by atoms with van der Waals surface area (Å²) < 4.78 is 11.2. The fraction of sp³-hybridized carbons (Fsp3) is 1.00. The van der Waals surface area contributed by atoms with Crippen molar-refractivity contribution in [3.63, 3.8) is 0 Å². The van der Waals surface area contributed by atoms with Crippen LogP contribution in [0.25, 0.3) is 0 Å². The number of aliphatic hydroxyl groups is 1. The van der Waals surface area contributed by atoms with E-state index >= 15 is 0 Å². The molecule has 0 aromatic heterocycles. The molecule has 3 heteroatoms. The maximum Gasteiger partial charge on any atom is 0.362 e. The van der Waals surface area contributed by atoms with Crippen molar-refractivity contribution in [2.75, 3.05) is 0 Å². The predicted octanol–water partition coefficient (Wildman–Crippen LogP) is 0.0358. The Kier molecular flexibility index (Phi) is 1.59. The van der Waals surface area contributed by atoms with Gasteiger partial charge in [0.25, 0.3) is 0 Å². The Morgan fingerprint density at radius 3 is 1.83 bits per heavy atom. The summed E-state index contributed by atoms with van der Waals surface area (Å²) >= 11 is 0. The third-order valence-electron chi connectivity index (χ3n) is 0.327. The van der Waals surface area contributed by atoms with Crippen LogP contribution < -0.4 is 0 Å². The maximum absolute atomic E-state index is 11.2. The molecule has 0 aromatic rings. The van der Waals surface area contributed by atoms with Crippen LogP contribution in [0, 0.1) is 0 Å². The first-order valence-electron chi connectivity index (χ1n) is 1.84.